The lowest BCUT2D eigenvalue weighted by molar-refractivity contribution is -0.123. The Morgan fingerprint density at radius 3 is 2.45 bits per heavy atom. The van der Waals surface area contributed by atoms with Gasteiger partial charge < -0.3 is 14.5 Å². The summed E-state index contributed by atoms with van der Waals surface area (Å²) in [6, 6.07) is 10.3. The number of hydrogen-bond donors (Lipinski definition) is 2. The Labute approximate surface area is 180 Å². The van der Waals surface area contributed by atoms with Crippen molar-refractivity contribution in [3.8, 4) is 5.75 Å². The fourth-order valence-electron chi connectivity index (χ4n) is 3.05. The third kappa shape index (κ3) is 4.97. The molecule has 0 saturated heterocycles. The van der Waals surface area contributed by atoms with Gasteiger partial charge in [-0.3, -0.25) is 9.36 Å². The number of carbonyl (C=O) groups is 1. The molecular formula is C21H25N3O6S. The Hall–Kier alpha value is -3.11. The predicted molar refractivity (Wildman–Crippen MR) is 115 cm³/mol. The number of hydrogen-bond acceptors (Lipinski definition) is 6. The molecule has 1 amide bonds. The van der Waals surface area contributed by atoms with E-state index >= 15 is 0 Å². The molecule has 9 nitrogen and oxygen atoms in total. The fourth-order valence-corrected chi connectivity index (χ4v) is 4.41. The Bertz CT molecular complexity index is 1240. The van der Waals surface area contributed by atoms with E-state index in [4.69, 9.17) is 9.15 Å². The van der Waals surface area contributed by atoms with Gasteiger partial charge in [0.05, 0.1) is 17.5 Å². The average molecular weight is 448 g/mol. The van der Waals surface area contributed by atoms with Crippen molar-refractivity contribution < 1.29 is 22.4 Å². The second-order valence-electron chi connectivity index (χ2n) is 7.47. The highest BCUT2D eigenvalue weighted by Crippen LogP contribution is 2.19. The zero-order valence-electron chi connectivity index (χ0n) is 17.7. The molecule has 1 unspecified atom stereocenters. The molecule has 1 aromatic heterocycles. The molecule has 0 aliphatic heterocycles. The number of oxazole rings is 1. The number of nitrogens with zero attached hydrogens (tertiary/aromatic N) is 1. The normalized spacial score (nSPS) is 12.8. The molecular weight excluding hydrogens is 422 g/mol. The molecule has 3 rings (SSSR count). The van der Waals surface area contributed by atoms with Crippen LogP contribution in [0.4, 0.5) is 0 Å². The van der Waals surface area contributed by atoms with Gasteiger partial charge in [-0.1, -0.05) is 26.0 Å². The van der Waals surface area contributed by atoms with E-state index in [2.05, 4.69) is 10.0 Å². The minimum absolute atomic E-state index is 0.0945. The average Bonchev–Trinajstić information content (AvgIpc) is 3.03. The van der Waals surface area contributed by atoms with Crippen molar-refractivity contribution in [2.45, 2.75) is 31.3 Å². The molecule has 0 aliphatic rings. The smallest absolute Gasteiger partial charge is 0.419 e. The second kappa shape index (κ2) is 8.94. The lowest BCUT2D eigenvalue weighted by Gasteiger charge is -2.21. The number of rotatable bonds is 8. The number of amides is 1. The van der Waals surface area contributed by atoms with Crippen LogP contribution in [0.5, 0.6) is 5.75 Å². The van der Waals surface area contributed by atoms with Gasteiger partial charge in [0.15, 0.2) is 5.58 Å². The van der Waals surface area contributed by atoms with Gasteiger partial charge in [-0.05, 0) is 35.7 Å². The molecule has 166 valence electrons. The molecule has 3 aromatic rings. The largest absolute Gasteiger partial charge is 0.497 e. The molecule has 1 heterocycles. The molecule has 31 heavy (non-hydrogen) atoms. The molecule has 0 saturated carbocycles. The lowest BCUT2D eigenvalue weighted by atomic mass is 10.0. The standard InChI is InChI=1S/C21H25N3O6S/c1-13(2)19(20(25)22-12-14-5-7-15(29-4)8-6-14)23-31(27,28)16-9-10-17-18(11-16)30-21(26)24(17)3/h5-11,13,19,23H,12H2,1-4H3,(H,22,25). The minimum atomic E-state index is -4.04. The Kier molecular flexibility index (Phi) is 6.51. The maximum Gasteiger partial charge on any atom is 0.419 e. The van der Waals surface area contributed by atoms with Gasteiger partial charge in [0.2, 0.25) is 15.9 Å². The Morgan fingerprint density at radius 2 is 1.84 bits per heavy atom. The molecule has 10 heteroatoms. The van der Waals surface area contributed by atoms with Crippen molar-refractivity contribution in [1.82, 2.24) is 14.6 Å². The maximum absolute atomic E-state index is 12.9. The SMILES string of the molecule is COc1ccc(CNC(=O)C(NS(=O)(=O)c2ccc3c(c2)oc(=O)n3C)C(C)C)cc1. The van der Waals surface area contributed by atoms with Crippen LogP contribution in [0.3, 0.4) is 0 Å². The van der Waals surface area contributed by atoms with Crippen molar-refractivity contribution in [2.24, 2.45) is 13.0 Å². The van der Waals surface area contributed by atoms with E-state index in [1.165, 1.54) is 29.8 Å². The monoisotopic (exact) mass is 447 g/mol. The number of aromatic nitrogens is 1. The van der Waals surface area contributed by atoms with Crippen LogP contribution in [0.25, 0.3) is 11.1 Å². The summed E-state index contributed by atoms with van der Waals surface area (Å²) in [5.74, 6) is -0.629. The summed E-state index contributed by atoms with van der Waals surface area (Å²) in [6.07, 6.45) is 0. The van der Waals surface area contributed by atoms with Crippen molar-refractivity contribution in [2.75, 3.05) is 7.11 Å². The topological polar surface area (TPSA) is 120 Å². The van der Waals surface area contributed by atoms with Crippen molar-refractivity contribution >= 4 is 27.0 Å². The summed E-state index contributed by atoms with van der Waals surface area (Å²) in [7, 11) is -0.936. The predicted octanol–water partition coefficient (Wildman–Crippen LogP) is 1.76. The van der Waals surface area contributed by atoms with Gasteiger partial charge >= 0.3 is 5.76 Å². The lowest BCUT2D eigenvalue weighted by Crippen LogP contribution is -2.49. The summed E-state index contributed by atoms with van der Waals surface area (Å²) in [5, 5.41) is 2.76. The van der Waals surface area contributed by atoms with Gasteiger partial charge in [-0.25, -0.2) is 13.2 Å². The molecule has 0 bridgehead atoms. The highest BCUT2D eigenvalue weighted by Gasteiger charge is 2.28. The summed E-state index contributed by atoms with van der Waals surface area (Å²) >= 11 is 0. The number of fused-ring (bicyclic) bond motifs is 1. The first-order valence-electron chi connectivity index (χ1n) is 9.65. The Balaban J connectivity index is 1.75. The molecule has 0 fully saturated rings. The van der Waals surface area contributed by atoms with Crippen LogP contribution < -0.4 is 20.5 Å². The minimum Gasteiger partial charge on any atom is -0.497 e. The Morgan fingerprint density at radius 1 is 1.16 bits per heavy atom. The number of benzene rings is 2. The third-order valence-electron chi connectivity index (χ3n) is 4.93. The zero-order chi connectivity index (χ0) is 22.8. The van der Waals surface area contributed by atoms with Crippen molar-refractivity contribution in [3.63, 3.8) is 0 Å². The molecule has 2 aromatic carbocycles. The van der Waals surface area contributed by atoms with Crippen LogP contribution >= 0.6 is 0 Å². The highest BCUT2D eigenvalue weighted by molar-refractivity contribution is 7.89. The van der Waals surface area contributed by atoms with E-state index in [9.17, 15) is 18.0 Å². The maximum atomic E-state index is 12.9. The number of methoxy groups -OCH3 is 1. The first kappa shape index (κ1) is 22.6. The third-order valence-corrected chi connectivity index (χ3v) is 6.37. The summed E-state index contributed by atoms with van der Waals surface area (Å²) in [6.45, 7) is 3.74. The van der Waals surface area contributed by atoms with Gasteiger partial charge in [0.1, 0.15) is 11.8 Å². The fraction of sp³-hybridized carbons (Fsp3) is 0.333. The van der Waals surface area contributed by atoms with Gasteiger partial charge in [-0.15, -0.1) is 0 Å². The van der Waals surface area contributed by atoms with Crippen LogP contribution in [-0.4, -0.2) is 32.0 Å². The van der Waals surface area contributed by atoms with E-state index in [1.54, 1.807) is 33.1 Å². The molecule has 0 spiro atoms. The number of aryl methyl sites for hydroxylation is 1. The number of sulfonamides is 1. The van der Waals surface area contributed by atoms with E-state index in [0.717, 1.165) is 5.56 Å². The first-order valence-corrected chi connectivity index (χ1v) is 11.1. The summed E-state index contributed by atoms with van der Waals surface area (Å²) < 4.78 is 39.7. The van der Waals surface area contributed by atoms with Gasteiger partial charge in [0, 0.05) is 19.7 Å². The van der Waals surface area contributed by atoms with Crippen LogP contribution in [0.1, 0.15) is 19.4 Å². The molecule has 0 aliphatic carbocycles. The van der Waals surface area contributed by atoms with Crippen LogP contribution in [0, 0.1) is 5.92 Å². The van der Waals surface area contributed by atoms with Crippen LogP contribution in [-0.2, 0) is 28.4 Å². The number of nitrogens with one attached hydrogen (secondary N) is 2. The summed E-state index contributed by atoms with van der Waals surface area (Å²) in [5.41, 5.74) is 1.48. The number of carbonyl (C=O) groups excluding carboxylic acids is 1. The van der Waals surface area contributed by atoms with Crippen molar-refractivity contribution in [3.05, 3.63) is 58.6 Å². The summed E-state index contributed by atoms with van der Waals surface area (Å²) in [4.78, 5) is 24.3. The van der Waals surface area contributed by atoms with Crippen LogP contribution in [0.2, 0.25) is 0 Å². The van der Waals surface area contributed by atoms with Crippen LogP contribution in [0.15, 0.2) is 56.6 Å². The molecule has 1 atom stereocenters. The number of ether oxygens (including phenoxy) is 1. The van der Waals surface area contributed by atoms with Gasteiger partial charge in [0.25, 0.3) is 0 Å². The molecule has 0 radical (unpaired) electrons. The first-order chi connectivity index (χ1) is 14.6. The van der Waals surface area contributed by atoms with Crippen molar-refractivity contribution in [1.29, 1.82) is 0 Å². The van der Waals surface area contributed by atoms with E-state index in [1.807, 2.05) is 12.1 Å². The molecule has 2 N–H and O–H groups in total. The van der Waals surface area contributed by atoms with E-state index in [-0.39, 0.29) is 22.9 Å². The zero-order valence-corrected chi connectivity index (χ0v) is 18.5. The second-order valence-corrected chi connectivity index (χ2v) is 9.18. The quantitative estimate of drug-likeness (QED) is 0.543. The van der Waals surface area contributed by atoms with Gasteiger partial charge in [-0.2, -0.15) is 4.72 Å². The van der Waals surface area contributed by atoms with E-state index < -0.39 is 27.7 Å². The van der Waals surface area contributed by atoms with E-state index in [0.29, 0.717) is 11.3 Å². The highest BCUT2D eigenvalue weighted by atomic mass is 32.2.